The highest BCUT2D eigenvalue weighted by molar-refractivity contribution is 7.13. The van der Waals surface area contributed by atoms with Gasteiger partial charge in [0.05, 0.1) is 10.4 Å². The summed E-state index contributed by atoms with van der Waals surface area (Å²) < 4.78 is 5.64. The summed E-state index contributed by atoms with van der Waals surface area (Å²) in [6.07, 6.45) is 0.943. The Hall–Kier alpha value is -0.930. The van der Waals surface area contributed by atoms with Gasteiger partial charge >= 0.3 is 0 Å². The second kappa shape index (κ2) is 3.44. The van der Waals surface area contributed by atoms with E-state index in [1.165, 1.54) is 15.6 Å². The SMILES string of the molecule is Cc1nsc2c(CCN)cccc12. The molecule has 0 atom stereocenters. The van der Waals surface area contributed by atoms with E-state index in [0.717, 1.165) is 12.1 Å². The number of hydrogen-bond acceptors (Lipinski definition) is 3. The van der Waals surface area contributed by atoms with Crippen molar-refractivity contribution in [1.82, 2.24) is 4.37 Å². The maximum absolute atomic E-state index is 5.54. The lowest BCUT2D eigenvalue weighted by atomic mass is 10.1. The zero-order valence-corrected chi connectivity index (χ0v) is 8.40. The van der Waals surface area contributed by atoms with Crippen molar-refractivity contribution in [3.05, 3.63) is 29.5 Å². The molecule has 0 aliphatic heterocycles. The van der Waals surface area contributed by atoms with Crippen LogP contribution in [0.25, 0.3) is 10.1 Å². The Morgan fingerprint density at radius 1 is 1.46 bits per heavy atom. The highest BCUT2D eigenvalue weighted by Crippen LogP contribution is 2.25. The van der Waals surface area contributed by atoms with Crippen molar-refractivity contribution in [2.75, 3.05) is 6.54 Å². The van der Waals surface area contributed by atoms with Gasteiger partial charge in [0.15, 0.2) is 0 Å². The standard InChI is InChI=1S/C10H12N2S/c1-7-9-4-2-3-8(5-6-11)10(9)13-12-7/h2-4H,5-6,11H2,1H3. The van der Waals surface area contributed by atoms with E-state index >= 15 is 0 Å². The fourth-order valence-electron chi connectivity index (χ4n) is 1.49. The van der Waals surface area contributed by atoms with E-state index in [9.17, 15) is 0 Å². The van der Waals surface area contributed by atoms with Crippen LogP contribution in [-0.2, 0) is 6.42 Å². The average molecular weight is 192 g/mol. The van der Waals surface area contributed by atoms with Gasteiger partial charge in [-0.25, -0.2) is 0 Å². The summed E-state index contributed by atoms with van der Waals surface area (Å²) in [7, 11) is 0. The molecule has 0 bridgehead atoms. The second-order valence-electron chi connectivity index (χ2n) is 3.10. The maximum Gasteiger partial charge on any atom is 0.0589 e. The number of nitrogens with zero attached hydrogens (tertiary/aromatic N) is 1. The topological polar surface area (TPSA) is 38.9 Å². The fourth-order valence-corrected chi connectivity index (χ4v) is 2.42. The van der Waals surface area contributed by atoms with Crippen molar-refractivity contribution < 1.29 is 0 Å². The van der Waals surface area contributed by atoms with Gasteiger partial charge in [0.1, 0.15) is 0 Å². The van der Waals surface area contributed by atoms with E-state index in [1.54, 1.807) is 11.5 Å². The molecule has 0 saturated carbocycles. The lowest BCUT2D eigenvalue weighted by molar-refractivity contribution is 0.979. The molecule has 0 radical (unpaired) electrons. The van der Waals surface area contributed by atoms with Crippen LogP contribution >= 0.6 is 11.5 Å². The zero-order chi connectivity index (χ0) is 9.26. The van der Waals surface area contributed by atoms with Gasteiger partial charge in [-0.15, -0.1) is 0 Å². The third kappa shape index (κ3) is 1.45. The quantitative estimate of drug-likeness (QED) is 0.791. The van der Waals surface area contributed by atoms with Gasteiger partial charge in [-0.05, 0) is 37.0 Å². The van der Waals surface area contributed by atoms with Crippen LogP contribution in [-0.4, -0.2) is 10.9 Å². The number of nitrogens with two attached hydrogens (primary N) is 1. The van der Waals surface area contributed by atoms with Gasteiger partial charge < -0.3 is 5.73 Å². The molecule has 13 heavy (non-hydrogen) atoms. The zero-order valence-electron chi connectivity index (χ0n) is 7.58. The Kier molecular flexibility index (Phi) is 2.29. The third-order valence-electron chi connectivity index (χ3n) is 2.17. The van der Waals surface area contributed by atoms with Crippen LogP contribution < -0.4 is 5.73 Å². The molecule has 2 nitrogen and oxygen atoms in total. The van der Waals surface area contributed by atoms with Crippen LogP contribution in [0, 0.1) is 6.92 Å². The number of fused-ring (bicyclic) bond motifs is 1. The van der Waals surface area contributed by atoms with Crippen molar-refractivity contribution >= 4 is 21.6 Å². The molecule has 0 unspecified atom stereocenters. The third-order valence-corrected chi connectivity index (χ3v) is 3.20. The minimum atomic E-state index is 0.704. The summed E-state index contributed by atoms with van der Waals surface area (Å²) in [5, 5.41) is 1.27. The minimum Gasteiger partial charge on any atom is -0.330 e. The van der Waals surface area contributed by atoms with E-state index in [-0.39, 0.29) is 0 Å². The number of aromatic nitrogens is 1. The summed E-state index contributed by atoms with van der Waals surface area (Å²) in [6.45, 7) is 2.75. The van der Waals surface area contributed by atoms with E-state index < -0.39 is 0 Å². The van der Waals surface area contributed by atoms with Gasteiger partial charge in [0.2, 0.25) is 0 Å². The van der Waals surface area contributed by atoms with Crippen LogP contribution in [0.2, 0.25) is 0 Å². The van der Waals surface area contributed by atoms with E-state index in [0.29, 0.717) is 6.54 Å². The van der Waals surface area contributed by atoms with Crippen LogP contribution in [0.3, 0.4) is 0 Å². The first kappa shape index (κ1) is 8.66. The molecule has 0 aliphatic rings. The molecule has 0 amide bonds. The predicted octanol–water partition coefficient (Wildman–Crippen LogP) is 2.11. The molecule has 1 heterocycles. The summed E-state index contributed by atoms with van der Waals surface area (Å²) >= 11 is 1.57. The Morgan fingerprint density at radius 2 is 2.31 bits per heavy atom. The molecule has 0 aliphatic carbocycles. The highest BCUT2D eigenvalue weighted by Gasteiger charge is 2.04. The van der Waals surface area contributed by atoms with Gasteiger partial charge in [0.25, 0.3) is 0 Å². The molecule has 3 heteroatoms. The molecule has 68 valence electrons. The van der Waals surface area contributed by atoms with E-state index in [4.69, 9.17) is 5.73 Å². The Bertz CT molecular complexity index is 420. The first-order valence-corrected chi connectivity index (χ1v) is 5.14. The number of aryl methyl sites for hydroxylation is 1. The van der Waals surface area contributed by atoms with Gasteiger partial charge in [-0.3, -0.25) is 0 Å². The van der Waals surface area contributed by atoms with Gasteiger partial charge in [-0.2, -0.15) is 4.37 Å². The Labute approximate surface area is 81.5 Å². The largest absolute Gasteiger partial charge is 0.330 e. The summed E-state index contributed by atoms with van der Waals surface area (Å²) in [5.41, 5.74) is 7.99. The number of hydrogen-bond donors (Lipinski definition) is 1. The first-order valence-electron chi connectivity index (χ1n) is 4.37. The molecule has 2 aromatic rings. The van der Waals surface area contributed by atoms with Crippen molar-refractivity contribution in [3.63, 3.8) is 0 Å². The van der Waals surface area contributed by atoms with Crippen LogP contribution in [0.4, 0.5) is 0 Å². The fraction of sp³-hybridized carbons (Fsp3) is 0.300. The van der Waals surface area contributed by atoms with Crippen molar-refractivity contribution in [2.45, 2.75) is 13.3 Å². The van der Waals surface area contributed by atoms with E-state index in [1.807, 2.05) is 6.92 Å². The highest BCUT2D eigenvalue weighted by atomic mass is 32.1. The van der Waals surface area contributed by atoms with Crippen LogP contribution in [0.5, 0.6) is 0 Å². The second-order valence-corrected chi connectivity index (χ2v) is 3.87. The lowest BCUT2D eigenvalue weighted by Crippen LogP contribution is -2.02. The maximum atomic E-state index is 5.54. The lowest BCUT2D eigenvalue weighted by Gasteiger charge is -1.99. The van der Waals surface area contributed by atoms with Crippen molar-refractivity contribution in [2.24, 2.45) is 5.73 Å². The smallest absolute Gasteiger partial charge is 0.0589 e. The Morgan fingerprint density at radius 3 is 3.08 bits per heavy atom. The predicted molar refractivity (Wildman–Crippen MR) is 57.1 cm³/mol. The average Bonchev–Trinajstić information content (AvgIpc) is 2.50. The molecular formula is C10H12N2S. The number of rotatable bonds is 2. The van der Waals surface area contributed by atoms with E-state index in [2.05, 4.69) is 22.6 Å². The monoisotopic (exact) mass is 192 g/mol. The van der Waals surface area contributed by atoms with Crippen LogP contribution in [0.1, 0.15) is 11.3 Å². The molecule has 0 fully saturated rings. The van der Waals surface area contributed by atoms with Crippen molar-refractivity contribution in [3.8, 4) is 0 Å². The first-order chi connectivity index (χ1) is 6.33. The molecule has 0 spiro atoms. The van der Waals surface area contributed by atoms with Gasteiger partial charge in [-0.1, -0.05) is 18.2 Å². The summed E-state index contributed by atoms with van der Waals surface area (Å²) in [5.74, 6) is 0. The van der Waals surface area contributed by atoms with Crippen LogP contribution in [0.15, 0.2) is 18.2 Å². The number of benzene rings is 1. The summed E-state index contributed by atoms with van der Waals surface area (Å²) in [6, 6.07) is 6.33. The minimum absolute atomic E-state index is 0.704. The normalized spacial score (nSPS) is 10.9. The summed E-state index contributed by atoms with van der Waals surface area (Å²) in [4.78, 5) is 0. The molecule has 1 aromatic heterocycles. The molecule has 2 rings (SSSR count). The molecular weight excluding hydrogens is 180 g/mol. The Balaban J connectivity index is 2.63. The molecule has 0 saturated heterocycles. The molecule has 2 N–H and O–H groups in total. The van der Waals surface area contributed by atoms with Gasteiger partial charge in [0, 0.05) is 5.39 Å². The molecule has 1 aromatic carbocycles. The van der Waals surface area contributed by atoms with Crippen molar-refractivity contribution in [1.29, 1.82) is 0 Å².